The van der Waals surface area contributed by atoms with Gasteiger partial charge in [0.15, 0.2) is 0 Å². The molecule has 1 saturated carbocycles. The summed E-state index contributed by atoms with van der Waals surface area (Å²) in [6.45, 7) is 19.0. The summed E-state index contributed by atoms with van der Waals surface area (Å²) >= 11 is 0. The average molecular weight is 325 g/mol. The van der Waals surface area contributed by atoms with E-state index in [0.29, 0.717) is 22.7 Å². The van der Waals surface area contributed by atoms with E-state index < -0.39 is 8.32 Å². The van der Waals surface area contributed by atoms with Gasteiger partial charge in [-0.25, -0.2) is 0 Å². The van der Waals surface area contributed by atoms with E-state index in [0.717, 1.165) is 5.92 Å². The van der Waals surface area contributed by atoms with Gasteiger partial charge in [0.1, 0.15) is 0 Å². The second-order valence-electron chi connectivity index (χ2n) is 8.25. The fourth-order valence-electron chi connectivity index (χ4n) is 4.64. The van der Waals surface area contributed by atoms with Crippen LogP contribution in [-0.2, 0) is 4.43 Å². The van der Waals surface area contributed by atoms with Gasteiger partial charge in [-0.05, 0) is 47.4 Å². The van der Waals surface area contributed by atoms with E-state index in [1.54, 1.807) is 5.57 Å². The molecule has 1 nitrogen and oxygen atoms in total. The van der Waals surface area contributed by atoms with Crippen molar-refractivity contribution in [3.8, 4) is 0 Å². The predicted octanol–water partition coefficient (Wildman–Crippen LogP) is 7.09. The molecule has 1 aliphatic rings. The van der Waals surface area contributed by atoms with Gasteiger partial charge < -0.3 is 4.43 Å². The van der Waals surface area contributed by atoms with Crippen LogP contribution < -0.4 is 0 Å². The van der Waals surface area contributed by atoms with Gasteiger partial charge in [-0.2, -0.15) is 0 Å². The van der Waals surface area contributed by atoms with Crippen LogP contribution in [0.15, 0.2) is 11.6 Å². The van der Waals surface area contributed by atoms with Crippen molar-refractivity contribution < 1.29 is 4.43 Å². The summed E-state index contributed by atoms with van der Waals surface area (Å²) in [5.74, 6) is 0.722. The summed E-state index contributed by atoms with van der Waals surface area (Å²) in [5, 5.41) is 0. The summed E-state index contributed by atoms with van der Waals surface area (Å²) in [7, 11) is -1.75. The highest BCUT2D eigenvalue weighted by Crippen LogP contribution is 2.46. The van der Waals surface area contributed by atoms with Crippen LogP contribution in [0.3, 0.4) is 0 Å². The Hall–Kier alpha value is -0.0831. The van der Waals surface area contributed by atoms with E-state index in [2.05, 4.69) is 61.5 Å². The van der Waals surface area contributed by atoms with Crippen LogP contribution in [0.25, 0.3) is 0 Å². The van der Waals surface area contributed by atoms with E-state index >= 15 is 0 Å². The van der Waals surface area contributed by atoms with Gasteiger partial charge in [0.2, 0.25) is 8.32 Å². The Morgan fingerprint density at radius 1 is 1.05 bits per heavy atom. The average Bonchev–Trinajstić information content (AvgIpc) is 2.76. The lowest BCUT2D eigenvalue weighted by Crippen LogP contribution is -2.50. The van der Waals surface area contributed by atoms with E-state index in [-0.39, 0.29) is 0 Å². The van der Waals surface area contributed by atoms with Crippen LogP contribution in [-0.4, -0.2) is 14.4 Å². The first-order chi connectivity index (χ1) is 10.3. The maximum absolute atomic E-state index is 7.07. The fraction of sp³-hybridized carbons (Fsp3) is 0.900. The molecular formula is C20H40OSi. The molecule has 2 heteroatoms. The van der Waals surface area contributed by atoms with E-state index in [1.165, 1.54) is 32.1 Å². The molecule has 0 aliphatic heterocycles. The lowest BCUT2D eigenvalue weighted by molar-refractivity contribution is 0.210. The molecule has 0 spiro atoms. The first kappa shape index (κ1) is 20.0. The SMILES string of the molecule is CCCCC=C1C(C)CCC1O[Si](C(C)C)(C(C)C)C(C)C. The van der Waals surface area contributed by atoms with Gasteiger partial charge in [0.25, 0.3) is 0 Å². The highest BCUT2D eigenvalue weighted by Gasteiger charge is 2.48. The van der Waals surface area contributed by atoms with E-state index in [9.17, 15) is 0 Å². The monoisotopic (exact) mass is 324 g/mol. The molecule has 130 valence electrons. The largest absolute Gasteiger partial charge is 0.409 e. The third-order valence-corrected chi connectivity index (χ3v) is 11.9. The third-order valence-electron chi connectivity index (χ3n) is 5.79. The molecule has 0 heterocycles. The maximum atomic E-state index is 7.07. The molecule has 2 atom stereocenters. The molecule has 1 fully saturated rings. The Bertz CT molecular complexity index is 335. The van der Waals surface area contributed by atoms with Gasteiger partial charge in [-0.15, -0.1) is 0 Å². The molecule has 0 aromatic carbocycles. The molecule has 22 heavy (non-hydrogen) atoms. The Kier molecular flexibility index (Phi) is 7.88. The standard InChI is InChI=1S/C20H40OSi/c1-9-10-11-12-19-18(8)13-14-20(19)21-22(15(2)3,16(4)5)17(6)7/h12,15-18,20H,9-11,13-14H2,1-8H3. The highest BCUT2D eigenvalue weighted by atomic mass is 28.4. The minimum Gasteiger partial charge on any atom is -0.409 e. The first-order valence-corrected chi connectivity index (χ1v) is 11.8. The Morgan fingerprint density at radius 3 is 2.05 bits per heavy atom. The zero-order chi connectivity index (χ0) is 16.9. The smallest absolute Gasteiger partial charge is 0.201 e. The summed E-state index contributed by atoms with van der Waals surface area (Å²) in [4.78, 5) is 0. The molecule has 0 bridgehead atoms. The van der Waals surface area contributed by atoms with Crippen LogP contribution in [0, 0.1) is 5.92 Å². The van der Waals surface area contributed by atoms with Gasteiger partial charge in [-0.1, -0.05) is 74.3 Å². The van der Waals surface area contributed by atoms with Gasteiger partial charge in [0.05, 0.1) is 6.10 Å². The topological polar surface area (TPSA) is 9.23 Å². The van der Waals surface area contributed by atoms with Gasteiger partial charge >= 0.3 is 0 Å². The van der Waals surface area contributed by atoms with E-state index in [4.69, 9.17) is 4.43 Å². The second kappa shape index (κ2) is 8.68. The normalized spacial score (nSPS) is 25.1. The Balaban J connectivity index is 2.99. The molecule has 0 amide bonds. The molecule has 1 rings (SSSR count). The predicted molar refractivity (Wildman–Crippen MR) is 102 cm³/mol. The maximum Gasteiger partial charge on any atom is 0.201 e. The molecule has 0 radical (unpaired) electrons. The molecule has 0 saturated heterocycles. The van der Waals surface area contributed by atoms with Gasteiger partial charge in [0, 0.05) is 0 Å². The molecule has 0 N–H and O–H groups in total. The van der Waals surface area contributed by atoms with Crippen molar-refractivity contribution in [2.75, 3.05) is 0 Å². The minimum absolute atomic E-state index is 0.408. The van der Waals surface area contributed by atoms with Crippen LogP contribution in [0.2, 0.25) is 16.6 Å². The van der Waals surface area contributed by atoms with Crippen LogP contribution >= 0.6 is 0 Å². The lowest BCUT2D eigenvalue weighted by Gasteiger charge is -2.44. The number of hydrogen-bond donors (Lipinski definition) is 0. The fourth-order valence-corrected chi connectivity index (χ4v) is 10.2. The Morgan fingerprint density at radius 2 is 1.59 bits per heavy atom. The summed E-state index contributed by atoms with van der Waals surface area (Å²) in [6, 6.07) is 0. The zero-order valence-corrected chi connectivity index (χ0v) is 17.4. The summed E-state index contributed by atoms with van der Waals surface area (Å²) in [6.07, 6.45) is 9.30. The minimum atomic E-state index is -1.75. The second-order valence-corrected chi connectivity index (χ2v) is 13.7. The van der Waals surface area contributed by atoms with Crippen LogP contribution in [0.5, 0.6) is 0 Å². The Labute approximate surface area is 141 Å². The zero-order valence-electron chi connectivity index (χ0n) is 16.4. The van der Waals surface area contributed by atoms with Crippen LogP contribution in [0.4, 0.5) is 0 Å². The lowest BCUT2D eigenvalue weighted by atomic mass is 10.0. The highest BCUT2D eigenvalue weighted by molar-refractivity contribution is 6.77. The number of unbranched alkanes of at least 4 members (excludes halogenated alkanes) is 2. The molecule has 2 unspecified atom stereocenters. The van der Waals surface area contributed by atoms with Crippen molar-refractivity contribution in [1.82, 2.24) is 0 Å². The first-order valence-electron chi connectivity index (χ1n) is 9.65. The van der Waals surface area contributed by atoms with Gasteiger partial charge in [-0.3, -0.25) is 0 Å². The molecular weight excluding hydrogens is 284 g/mol. The van der Waals surface area contributed by atoms with Crippen molar-refractivity contribution in [2.45, 2.75) is 110 Å². The van der Waals surface area contributed by atoms with Crippen molar-refractivity contribution in [3.05, 3.63) is 11.6 Å². The van der Waals surface area contributed by atoms with Crippen LogP contribution in [0.1, 0.15) is 87.5 Å². The third kappa shape index (κ3) is 4.26. The van der Waals surface area contributed by atoms with Crippen molar-refractivity contribution in [1.29, 1.82) is 0 Å². The number of allylic oxidation sites excluding steroid dienone is 1. The summed E-state index contributed by atoms with van der Waals surface area (Å²) < 4.78 is 7.07. The van der Waals surface area contributed by atoms with E-state index in [1.807, 2.05) is 0 Å². The molecule has 0 aromatic rings. The molecule has 1 aliphatic carbocycles. The van der Waals surface area contributed by atoms with Crippen molar-refractivity contribution in [3.63, 3.8) is 0 Å². The van der Waals surface area contributed by atoms with Crippen molar-refractivity contribution in [2.24, 2.45) is 5.92 Å². The number of rotatable bonds is 8. The number of hydrogen-bond acceptors (Lipinski definition) is 1. The summed E-state index contributed by atoms with van der Waals surface area (Å²) in [5.41, 5.74) is 3.66. The quantitative estimate of drug-likeness (QED) is 0.263. The molecule has 0 aromatic heterocycles. The van der Waals surface area contributed by atoms with Crippen molar-refractivity contribution >= 4 is 8.32 Å².